The molecular weight excluding hydrogens is 1440 g/mol. The normalized spacial score (nSPS) is 11.9. The van der Waals surface area contributed by atoms with Crippen LogP contribution in [-0.4, -0.2) is 95.4 Å². The molecule has 103 heavy (non-hydrogen) atoms. The first-order valence-electron chi connectivity index (χ1n) is 29.6. The number of aryl methyl sites for hydroxylation is 1. The molecule has 0 atom stereocenters. The van der Waals surface area contributed by atoms with E-state index in [0.29, 0.717) is 22.3 Å². The second-order valence-electron chi connectivity index (χ2n) is 23.3. The minimum atomic E-state index is -4.94. The molecule has 0 aliphatic heterocycles. The summed E-state index contributed by atoms with van der Waals surface area (Å²) in [5, 5.41) is 54.4. The van der Waals surface area contributed by atoms with Gasteiger partial charge in [-0.15, -0.1) is 81.4 Å². The summed E-state index contributed by atoms with van der Waals surface area (Å²) < 4.78 is 136. The topological polar surface area (TPSA) is 612 Å². The fraction of sp³-hybridized carbons (Fsp3) is 0.219. The van der Waals surface area contributed by atoms with E-state index in [9.17, 15) is 10.2 Å². The summed E-state index contributed by atoms with van der Waals surface area (Å²) >= 11 is 0. The fourth-order valence-electron chi connectivity index (χ4n) is 8.58. The lowest BCUT2D eigenvalue weighted by molar-refractivity contribution is -2.00. The van der Waals surface area contributed by atoms with E-state index in [1.807, 2.05) is 168 Å². The molecule has 11 rings (SSSR count). The van der Waals surface area contributed by atoms with Crippen molar-refractivity contribution in [1.82, 2.24) is 19.9 Å². The van der Waals surface area contributed by atoms with E-state index < -0.39 is 41.0 Å². The number of anilines is 4. The molecule has 35 nitrogen and oxygen atoms in total. The van der Waals surface area contributed by atoms with Gasteiger partial charge in [0.2, 0.25) is 0 Å². The molecule has 554 valence electrons. The lowest BCUT2D eigenvalue weighted by Gasteiger charge is -2.21. The Morgan fingerprint density at radius 2 is 0.524 bits per heavy atom. The number of nitrogens with one attached hydrogen (secondary N) is 8. The van der Waals surface area contributed by atoms with Gasteiger partial charge in [-0.2, -0.15) is 0 Å². The van der Waals surface area contributed by atoms with Crippen LogP contribution in [-0.2, 0) is 10.8 Å². The number of hydrazone groups is 4. The van der Waals surface area contributed by atoms with Crippen LogP contribution in [0.2, 0.25) is 0 Å². The second-order valence-corrected chi connectivity index (χ2v) is 26.3. The summed E-state index contributed by atoms with van der Waals surface area (Å²) in [7, 11) is -11.4. The molecule has 11 aromatic rings. The Balaban J connectivity index is 0.000000316. The Hall–Kier alpha value is -9.62. The number of benzene rings is 7. The van der Waals surface area contributed by atoms with Crippen LogP contribution in [0.25, 0.3) is 44.1 Å². The molecular formula is C64H76Cl4N16O19. The van der Waals surface area contributed by atoms with Crippen LogP contribution < -0.4 is 115 Å². The second kappa shape index (κ2) is 38.1. The molecule has 0 aliphatic rings. The van der Waals surface area contributed by atoms with Crippen molar-refractivity contribution in [2.24, 2.45) is 20.4 Å². The number of fused-ring (bicyclic) bond motifs is 4. The number of nitrogens with zero attached hydrogens (tertiary/aromatic N) is 8. The van der Waals surface area contributed by atoms with Gasteiger partial charge in [-0.05, 0) is 102 Å². The van der Waals surface area contributed by atoms with Crippen molar-refractivity contribution in [3.8, 4) is 11.5 Å². The van der Waals surface area contributed by atoms with E-state index in [2.05, 4.69) is 121 Å². The van der Waals surface area contributed by atoms with E-state index in [1.54, 1.807) is 44.9 Å². The zero-order chi connectivity index (χ0) is 77.4. The average molecular weight is 1520 g/mol. The van der Waals surface area contributed by atoms with Crippen LogP contribution in [0.15, 0.2) is 172 Å². The van der Waals surface area contributed by atoms with E-state index in [0.717, 1.165) is 86.2 Å². The molecule has 0 bridgehead atoms. The Morgan fingerprint density at radius 3 is 0.689 bits per heavy atom. The molecule has 39 heteroatoms. The van der Waals surface area contributed by atoms with Gasteiger partial charge in [0.1, 0.15) is 55.6 Å². The number of aromatic nitrogens is 8. The maximum absolute atomic E-state index is 11.1. The highest BCUT2D eigenvalue weighted by atomic mass is 35.7. The van der Waals surface area contributed by atoms with Crippen molar-refractivity contribution in [3.05, 3.63) is 191 Å². The number of aliphatic hydroxyl groups excluding tert-OH is 1. The lowest BCUT2D eigenvalue weighted by Crippen LogP contribution is -2.68. The van der Waals surface area contributed by atoms with Crippen molar-refractivity contribution >= 4 is 92.8 Å². The highest BCUT2D eigenvalue weighted by molar-refractivity contribution is 5.94. The summed E-state index contributed by atoms with van der Waals surface area (Å²) in [5.74, 6) is 3.18. The van der Waals surface area contributed by atoms with E-state index in [1.165, 1.54) is 5.56 Å². The van der Waals surface area contributed by atoms with Crippen molar-refractivity contribution in [3.63, 3.8) is 0 Å². The maximum Gasteiger partial charge on any atom is 0.379 e. The van der Waals surface area contributed by atoms with Gasteiger partial charge in [0, 0.05) is 29.4 Å². The molecule has 0 radical (unpaired) electrons. The fourth-order valence-corrected chi connectivity index (χ4v) is 8.58. The quantitative estimate of drug-likeness (QED) is 0.0441. The van der Waals surface area contributed by atoms with Gasteiger partial charge < -0.3 is 15.3 Å². The Kier molecular flexibility index (Phi) is 31.7. The monoisotopic (exact) mass is 1510 g/mol. The van der Waals surface area contributed by atoms with E-state index in [4.69, 9.17) is 79.7 Å². The highest BCUT2D eigenvalue weighted by Crippen LogP contribution is 2.32. The molecule has 0 spiro atoms. The number of imidazole rings is 4. The van der Waals surface area contributed by atoms with Crippen molar-refractivity contribution < 1.29 is 151 Å². The maximum atomic E-state index is 11.1. The third kappa shape index (κ3) is 31.7. The highest BCUT2D eigenvalue weighted by Gasteiger charge is 2.23. The molecule has 0 unspecified atom stereocenters. The number of H-pyrrole nitrogens is 8. The van der Waals surface area contributed by atoms with Gasteiger partial charge in [0.25, 0.3) is 0 Å². The first-order valence-corrected chi connectivity index (χ1v) is 34.5. The SMILES string of the molecule is CN(/N=C/c1cc(C(C)(C)C)cc(/C=N/N(C)c2[nH]c3ccccc3[nH+]2)c1O)c1[nH]c2ccccc2[nH+]1.CN(/N=C/c1cc(C(C)(C)C)cc(/C=N/N(C)c2[nH]c3ccccc3[nH+]2)c1O)c1[nH]c2ccccc2[nH+]1.CO.Cc1ccccc1.[O-][Cl+3]([O-])([O-])[O-].[O-][Cl+3]([O-])([O-])[O-].[O-][Cl+3]([O-])([O-])[O-].[O-][Cl+3]([O-])([O-])[O-]. The van der Waals surface area contributed by atoms with Gasteiger partial charge in [0.05, 0.1) is 53.0 Å². The number of phenols is 2. The van der Waals surface area contributed by atoms with Gasteiger partial charge in [-0.25, -0.2) is 114 Å². The number of aliphatic hydroxyl groups is 1. The summed E-state index contributed by atoms with van der Waals surface area (Å²) in [5.41, 5.74) is 13.6. The number of hydrogen-bond acceptors (Lipinski definition) is 27. The number of aromatic amines is 8. The van der Waals surface area contributed by atoms with Crippen LogP contribution in [0, 0.1) is 47.9 Å². The molecule has 4 aromatic heterocycles. The average Bonchev–Trinajstić information content (AvgIpc) is 1.69. The van der Waals surface area contributed by atoms with Gasteiger partial charge >= 0.3 is 23.8 Å². The standard InChI is InChI=1S/2C28H30N8O.C7H8.CH4O.4ClHO4/c2*1-28(2,3)20-14-18(16-29-35(4)26-31-21-10-6-7-11-22(21)32-26)25(37)19(15-20)17-30-36(5)27-33-23-12-8-9-13-24(23)34-27;1-7-5-3-2-4-6-7;1-2;4*2-1(3,4)5/h2*6-17,37H,1-5H3,(H,31,32)(H,33,34);2-6H,1H3;2H,1H3;4*(H,2,3,4,5)/b2*29-16+,30-17+;;;;;;. The molecule has 0 fully saturated rings. The number of halogens is 4. The molecule has 7 aromatic carbocycles. The van der Waals surface area contributed by atoms with Crippen LogP contribution >= 0.6 is 0 Å². The minimum absolute atomic E-state index is 0.114. The molecule has 4 heterocycles. The smallest absolute Gasteiger partial charge is 0.379 e. The van der Waals surface area contributed by atoms with Crippen LogP contribution in [0.4, 0.5) is 23.8 Å². The minimum Gasteiger partial charge on any atom is -0.507 e. The first-order chi connectivity index (χ1) is 47.8. The Bertz CT molecular complexity index is 3890. The summed E-state index contributed by atoms with van der Waals surface area (Å²) in [6.45, 7) is 14.9. The predicted molar refractivity (Wildman–Crippen MR) is 336 cm³/mol. The first kappa shape index (κ1) is 85.8. The number of rotatable bonds is 12. The molecule has 11 N–H and O–H groups in total. The van der Waals surface area contributed by atoms with Crippen LogP contribution in [0.5, 0.6) is 11.5 Å². The van der Waals surface area contributed by atoms with Crippen molar-refractivity contribution in [2.45, 2.75) is 59.3 Å². The van der Waals surface area contributed by atoms with Gasteiger partial charge in [-0.3, -0.25) is 0 Å². The van der Waals surface area contributed by atoms with Crippen LogP contribution in [0.1, 0.15) is 80.5 Å². The number of aromatic hydroxyl groups is 2. The summed E-state index contributed by atoms with van der Waals surface area (Å²) in [6, 6.07) is 50.0. The van der Waals surface area contributed by atoms with E-state index in [-0.39, 0.29) is 22.3 Å². The van der Waals surface area contributed by atoms with E-state index >= 15 is 0 Å². The largest absolute Gasteiger partial charge is 0.507 e. The molecule has 0 aliphatic carbocycles. The number of para-hydroxylation sites is 8. The van der Waals surface area contributed by atoms with Gasteiger partial charge in [-0.1, -0.05) is 126 Å². The Morgan fingerprint density at radius 1 is 0.340 bits per heavy atom. The molecule has 0 saturated heterocycles. The molecule has 0 amide bonds. The zero-order valence-electron chi connectivity index (χ0n) is 57.2. The predicted octanol–water partition coefficient (Wildman–Crippen LogP) is -8.98. The number of hydrogen-bond donors (Lipinski definition) is 7. The third-order valence-electron chi connectivity index (χ3n) is 13.5. The third-order valence-corrected chi connectivity index (χ3v) is 13.5. The zero-order valence-corrected chi connectivity index (χ0v) is 60.2. The number of phenolic OH excluding ortho intramolecular Hbond substituents is 2. The van der Waals surface area contributed by atoms with Crippen LogP contribution in [0.3, 0.4) is 0 Å². The Labute approximate surface area is 597 Å². The van der Waals surface area contributed by atoms with Crippen molar-refractivity contribution in [1.29, 1.82) is 0 Å². The molecule has 0 saturated carbocycles. The lowest BCUT2D eigenvalue weighted by atomic mass is 9.85. The summed E-state index contributed by atoms with van der Waals surface area (Å²) in [6.07, 6.45) is 6.65. The summed E-state index contributed by atoms with van der Waals surface area (Å²) in [4.78, 5) is 26.5. The van der Waals surface area contributed by atoms with Gasteiger partial charge in [0.15, 0.2) is 0 Å². The van der Waals surface area contributed by atoms with Crippen molar-refractivity contribution in [2.75, 3.05) is 55.3 Å².